The highest BCUT2D eigenvalue weighted by Crippen LogP contribution is 2.62. The lowest BCUT2D eigenvalue weighted by molar-refractivity contribution is 0.722. The van der Waals surface area contributed by atoms with Crippen LogP contribution in [-0.4, -0.2) is 5.84 Å². The van der Waals surface area contributed by atoms with Gasteiger partial charge in [0.05, 0.1) is 16.8 Å². The van der Waals surface area contributed by atoms with Crippen molar-refractivity contribution in [1.82, 2.24) is 10.9 Å². The van der Waals surface area contributed by atoms with Crippen LogP contribution >= 0.6 is 11.8 Å². The SMILES string of the molecule is c1ccc(-c2ccc(C3=C(c4cccc(-c5ccc6c(c5)C5(c7ccccc7Sc7ccccc75)c5ccccc5-6)c4)N=C(c4ccc5c6c(cccc46)-c4ccccc4-5)NN3)cc2)cc1. The van der Waals surface area contributed by atoms with Gasteiger partial charge in [-0.2, -0.15) is 0 Å². The average Bonchev–Trinajstić information content (AvgIpc) is 3.87. The van der Waals surface area contributed by atoms with Crippen LogP contribution < -0.4 is 10.9 Å². The summed E-state index contributed by atoms with van der Waals surface area (Å²) in [5.41, 5.74) is 29.4. The third kappa shape index (κ3) is 5.37. The van der Waals surface area contributed by atoms with E-state index in [-0.39, 0.29) is 0 Å². The second kappa shape index (κ2) is 14.4. The van der Waals surface area contributed by atoms with E-state index in [1.54, 1.807) is 0 Å². The Morgan fingerprint density at radius 1 is 0.333 bits per heavy atom. The van der Waals surface area contributed by atoms with Crippen molar-refractivity contribution in [3.8, 4) is 55.6 Å². The van der Waals surface area contributed by atoms with E-state index in [0.29, 0.717) is 0 Å². The van der Waals surface area contributed by atoms with Crippen LogP contribution in [0.1, 0.15) is 38.9 Å². The molecule has 0 aromatic heterocycles. The number of nitrogens with zero attached hydrogens (tertiary/aromatic N) is 1. The van der Waals surface area contributed by atoms with Crippen molar-refractivity contribution in [2.45, 2.75) is 15.2 Å². The summed E-state index contributed by atoms with van der Waals surface area (Å²) < 4.78 is 0. The summed E-state index contributed by atoms with van der Waals surface area (Å²) >= 11 is 1.88. The number of nitrogens with one attached hydrogen (secondary N) is 2. The van der Waals surface area contributed by atoms with Crippen molar-refractivity contribution in [1.29, 1.82) is 0 Å². The van der Waals surface area contributed by atoms with Gasteiger partial charge in [-0.15, -0.1) is 0 Å². The molecular weight excluding hydrogens is 819 g/mol. The standard InChI is InChI=1S/C62H39N3S/c1-2-14-38(15-3-1)39-28-30-40(31-29-39)60-59(63-61(65-64-60)51-35-34-50-45-19-5-4-18-44(45)48-21-13-22-49(51)58(48)50)43-17-12-16-41(36-43)42-32-33-47-46-20-6-7-23-52(46)62(55(47)37-42)53-24-8-10-26-56(53)66-57-27-11-9-25-54(57)62/h1-37,64H,(H,63,65). The summed E-state index contributed by atoms with van der Waals surface area (Å²) in [5, 5.41) is 2.45. The molecule has 2 heterocycles. The molecule has 0 saturated carbocycles. The molecular formula is C62H39N3S. The zero-order valence-corrected chi connectivity index (χ0v) is 36.5. The summed E-state index contributed by atoms with van der Waals surface area (Å²) in [5.74, 6) is 0.782. The predicted octanol–water partition coefficient (Wildman–Crippen LogP) is 15.0. The monoisotopic (exact) mass is 857 g/mol. The molecule has 2 aliphatic heterocycles. The van der Waals surface area contributed by atoms with Crippen LogP contribution in [0.15, 0.2) is 239 Å². The molecule has 4 heteroatoms. The highest BCUT2D eigenvalue weighted by molar-refractivity contribution is 7.99. The first kappa shape index (κ1) is 37.2. The van der Waals surface area contributed by atoms with Gasteiger partial charge in [0, 0.05) is 26.5 Å². The normalized spacial score (nSPS) is 14.4. The van der Waals surface area contributed by atoms with E-state index in [4.69, 9.17) is 4.99 Å². The third-order valence-electron chi connectivity index (χ3n) is 14.2. The Bertz CT molecular complexity index is 3660. The fraction of sp³-hybridized carbons (Fsp3) is 0.0161. The molecule has 14 rings (SSSR count). The number of amidine groups is 1. The molecule has 10 aromatic carbocycles. The van der Waals surface area contributed by atoms with E-state index < -0.39 is 5.41 Å². The Hall–Kier alpha value is -8.18. The van der Waals surface area contributed by atoms with Gasteiger partial charge in [0.2, 0.25) is 0 Å². The molecule has 3 nitrogen and oxygen atoms in total. The summed E-state index contributed by atoms with van der Waals surface area (Å²) in [7, 11) is 0. The molecule has 1 spiro atoms. The van der Waals surface area contributed by atoms with Gasteiger partial charge in [0.15, 0.2) is 5.84 Å². The fourth-order valence-electron chi connectivity index (χ4n) is 11.3. The Labute approximate surface area is 387 Å². The van der Waals surface area contributed by atoms with Gasteiger partial charge in [-0.05, 0) is 119 Å². The largest absolute Gasteiger partial charge is 0.297 e. The van der Waals surface area contributed by atoms with Gasteiger partial charge in [-0.3, -0.25) is 10.9 Å². The lowest BCUT2D eigenvalue weighted by Gasteiger charge is -2.39. The summed E-state index contributed by atoms with van der Waals surface area (Å²) in [4.78, 5) is 8.21. The van der Waals surface area contributed by atoms with Crippen LogP contribution in [0.4, 0.5) is 0 Å². The Balaban J connectivity index is 0.941. The van der Waals surface area contributed by atoms with Crippen molar-refractivity contribution in [3.63, 3.8) is 0 Å². The van der Waals surface area contributed by atoms with Crippen LogP contribution in [-0.2, 0) is 5.41 Å². The van der Waals surface area contributed by atoms with E-state index in [2.05, 4.69) is 235 Å². The molecule has 308 valence electrons. The van der Waals surface area contributed by atoms with Gasteiger partial charge in [0.25, 0.3) is 0 Å². The summed E-state index contributed by atoms with van der Waals surface area (Å²) in [6, 6.07) is 82.3. The van der Waals surface area contributed by atoms with Crippen molar-refractivity contribution >= 4 is 39.8 Å². The Morgan fingerprint density at radius 2 is 0.848 bits per heavy atom. The molecule has 0 saturated heterocycles. The number of hydrazine groups is 1. The zero-order chi connectivity index (χ0) is 43.3. The lowest BCUT2D eigenvalue weighted by Crippen LogP contribution is -2.40. The van der Waals surface area contributed by atoms with Gasteiger partial charge >= 0.3 is 0 Å². The highest BCUT2D eigenvalue weighted by atomic mass is 32.2. The molecule has 10 aromatic rings. The number of rotatable bonds is 5. The summed E-state index contributed by atoms with van der Waals surface area (Å²) in [6.07, 6.45) is 0. The van der Waals surface area contributed by atoms with Crippen molar-refractivity contribution < 1.29 is 0 Å². The minimum atomic E-state index is -0.446. The molecule has 2 aliphatic carbocycles. The zero-order valence-electron chi connectivity index (χ0n) is 35.7. The third-order valence-corrected chi connectivity index (χ3v) is 15.3. The van der Waals surface area contributed by atoms with Gasteiger partial charge in [-0.1, -0.05) is 206 Å². The van der Waals surface area contributed by atoms with Crippen LogP contribution in [0, 0.1) is 0 Å². The second-order valence-corrected chi connectivity index (χ2v) is 18.6. The van der Waals surface area contributed by atoms with E-state index in [1.165, 1.54) is 92.9 Å². The molecule has 2 N–H and O–H groups in total. The first-order valence-corrected chi connectivity index (χ1v) is 23.4. The Morgan fingerprint density at radius 3 is 1.62 bits per heavy atom. The molecule has 0 fully saturated rings. The average molecular weight is 858 g/mol. The van der Waals surface area contributed by atoms with Crippen molar-refractivity contribution in [2.75, 3.05) is 0 Å². The quantitative estimate of drug-likeness (QED) is 0.181. The lowest BCUT2D eigenvalue weighted by atomic mass is 9.67. The van der Waals surface area contributed by atoms with Crippen LogP contribution in [0.3, 0.4) is 0 Å². The van der Waals surface area contributed by atoms with Gasteiger partial charge < -0.3 is 0 Å². The number of fused-ring (bicyclic) bond motifs is 12. The van der Waals surface area contributed by atoms with Gasteiger partial charge in [0.1, 0.15) is 0 Å². The van der Waals surface area contributed by atoms with E-state index in [1.807, 2.05) is 11.8 Å². The smallest absolute Gasteiger partial charge is 0.153 e. The fourth-order valence-corrected chi connectivity index (χ4v) is 12.5. The van der Waals surface area contributed by atoms with Crippen LogP contribution in [0.2, 0.25) is 0 Å². The maximum Gasteiger partial charge on any atom is 0.153 e. The predicted molar refractivity (Wildman–Crippen MR) is 273 cm³/mol. The molecule has 0 bridgehead atoms. The van der Waals surface area contributed by atoms with Crippen molar-refractivity contribution in [2.24, 2.45) is 4.99 Å². The van der Waals surface area contributed by atoms with Gasteiger partial charge in [-0.25, -0.2) is 4.99 Å². The molecule has 66 heavy (non-hydrogen) atoms. The molecule has 0 radical (unpaired) electrons. The topological polar surface area (TPSA) is 36.4 Å². The highest BCUT2D eigenvalue weighted by Gasteiger charge is 2.50. The molecule has 0 atom stereocenters. The minimum absolute atomic E-state index is 0.446. The van der Waals surface area contributed by atoms with E-state index >= 15 is 0 Å². The number of hydrogen-bond donors (Lipinski definition) is 2. The van der Waals surface area contributed by atoms with Crippen molar-refractivity contribution in [3.05, 3.63) is 263 Å². The summed E-state index contributed by atoms with van der Waals surface area (Å²) in [6.45, 7) is 0. The van der Waals surface area contributed by atoms with Crippen LogP contribution in [0.25, 0.3) is 77.8 Å². The van der Waals surface area contributed by atoms with E-state index in [9.17, 15) is 0 Å². The molecule has 4 aliphatic rings. The number of aliphatic imine (C=N–C) groups is 1. The maximum atomic E-state index is 5.60. The first-order valence-electron chi connectivity index (χ1n) is 22.6. The number of benzene rings is 10. The second-order valence-electron chi connectivity index (χ2n) is 17.5. The Kier molecular flexibility index (Phi) is 8.13. The molecule has 0 unspecified atom stereocenters. The number of hydrogen-bond acceptors (Lipinski definition) is 4. The minimum Gasteiger partial charge on any atom is -0.297 e. The maximum absolute atomic E-state index is 5.60. The van der Waals surface area contributed by atoms with Crippen LogP contribution in [0.5, 0.6) is 0 Å². The van der Waals surface area contributed by atoms with E-state index in [0.717, 1.165) is 39.5 Å². The first-order chi connectivity index (χ1) is 32.7. The molecule has 0 amide bonds.